The molecule has 0 atom stereocenters. The lowest BCUT2D eigenvalue weighted by Gasteiger charge is -2.34. The zero-order valence-corrected chi connectivity index (χ0v) is 26.4. The summed E-state index contributed by atoms with van der Waals surface area (Å²) >= 11 is 1.49. The Bertz CT molecular complexity index is 2040. The van der Waals surface area contributed by atoms with Gasteiger partial charge in [0.05, 0.1) is 7.11 Å². The number of thiazole rings is 1. The van der Waals surface area contributed by atoms with Crippen molar-refractivity contribution in [3.05, 3.63) is 114 Å². The number of fused-ring (bicyclic) bond motifs is 3. The van der Waals surface area contributed by atoms with Crippen molar-refractivity contribution >= 4 is 40.4 Å². The Labute approximate surface area is 258 Å². The van der Waals surface area contributed by atoms with Crippen LogP contribution in [0.4, 0.5) is 8.63 Å². The molecule has 3 aromatic heterocycles. The Kier molecular flexibility index (Phi) is 6.69. The van der Waals surface area contributed by atoms with Crippen molar-refractivity contribution in [3.63, 3.8) is 0 Å². The molecule has 0 bridgehead atoms. The first-order chi connectivity index (χ1) is 21.0. The van der Waals surface area contributed by atoms with Gasteiger partial charge in [-0.1, -0.05) is 30.3 Å². The van der Waals surface area contributed by atoms with Crippen LogP contribution in [0.3, 0.4) is 0 Å². The number of hydrogen-bond acceptors (Lipinski definition) is 4. The van der Waals surface area contributed by atoms with Gasteiger partial charge in [-0.2, -0.15) is 0 Å². The molecular formula is C34H34BF2N3O3S. The molecule has 10 heteroatoms. The van der Waals surface area contributed by atoms with Crippen molar-refractivity contribution in [2.24, 2.45) is 0 Å². The van der Waals surface area contributed by atoms with E-state index in [1.165, 1.54) is 27.4 Å². The Morgan fingerprint density at radius 3 is 2.50 bits per heavy atom. The summed E-state index contributed by atoms with van der Waals surface area (Å²) in [6, 6.07) is 13.4. The van der Waals surface area contributed by atoms with Gasteiger partial charge in [0, 0.05) is 47.2 Å². The van der Waals surface area contributed by atoms with Gasteiger partial charge in [-0.25, -0.2) is 4.79 Å². The molecule has 2 aliphatic heterocycles. The van der Waals surface area contributed by atoms with E-state index in [9.17, 15) is 9.59 Å². The van der Waals surface area contributed by atoms with E-state index in [0.29, 0.717) is 48.0 Å². The van der Waals surface area contributed by atoms with Crippen LogP contribution in [-0.2, 0) is 17.6 Å². The second-order valence-corrected chi connectivity index (χ2v) is 13.4. The Balaban J connectivity index is 1.37. The molecule has 1 aliphatic carbocycles. The normalized spacial score (nSPS) is 17.3. The van der Waals surface area contributed by atoms with Crippen molar-refractivity contribution in [1.29, 1.82) is 0 Å². The van der Waals surface area contributed by atoms with Crippen LogP contribution >= 0.6 is 11.3 Å². The zero-order valence-electron chi connectivity index (χ0n) is 25.5. The number of nitrogens with zero attached hydrogens (tertiary/aromatic N) is 3. The number of esters is 1. The molecule has 0 unspecified atom stereocenters. The average molecular weight is 614 g/mol. The summed E-state index contributed by atoms with van der Waals surface area (Å²) in [5.74, 6) is -0.239. The van der Waals surface area contributed by atoms with Gasteiger partial charge < -0.3 is 22.3 Å². The van der Waals surface area contributed by atoms with Gasteiger partial charge in [0.2, 0.25) is 0 Å². The molecule has 0 amide bonds. The number of methoxy groups -OCH3 is 1. The molecule has 1 saturated carbocycles. The third-order valence-corrected chi connectivity index (χ3v) is 10.4. The molecule has 1 fully saturated rings. The van der Waals surface area contributed by atoms with E-state index < -0.39 is 12.9 Å². The fourth-order valence-electron chi connectivity index (χ4n) is 7.40. The van der Waals surface area contributed by atoms with Crippen molar-refractivity contribution in [2.45, 2.75) is 65.7 Å². The largest absolute Gasteiger partial charge is 0.737 e. The average Bonchev–Trinajstić information content (AvgIpc) is 3.57. The molecule has 5 heterocycles. The van der Waals surface area contributed by atoms with Gasteiger partial charge in [0.1, 0.15) is 16.2 Å². The number of hydrogen-bond donors (Lipinski definition) is 0. The van der Waals surface area contributed by atoms with E-state index in [1.807, 2.05) is 56.3 Å². The maximum absolute atomic E-state index is 16.1. The number of halogens is 2. The summed E-state index contributed by atoms with van der Waals surface area (Å²) in [5, 5.41) is 0. The van der Waals surface area contributed by atoms with E-state index in [2.05, 4.69) is 0 Å². The highest BCUT2D eigenvalue weighted by molar-refractivity contribution is 7.18. The molecule has 7 rings (SSSR count). The van der Waals surface area contributed by atoms with Crippen LogP contribution in [0.1, 0.15) is 88.0 Å². The maximum Gasteiger partial charge on any atom is 0.737 e. The third kappa shape index (κ3) is 4.29. The minimum atomic E-state index is -4.04. The molecule has 0 radical (unpaired) electrons. The number of carbonyl (C=O) groups is 1. The number of allylic oxidation sites excluding steroid dienone is 3. The molecule has 6 nitrogen and oxygen atoms in total. The standard InChI is InChI=1S/C34H34BF2N3O3S/c1-19-15-21(3)39-30(19)26(31-20(2)16-22(4)40(31)35(39,36)37)14-13-25-18-28(41)38-32(34(42)43-5)27(17-23-9-7-6-8-10-23)44-33(38)29(25)24-11-12-24/h6-10,15-16,18,24H,11-14,17H2,1-5H3. The molecule has 226 valence electrons. The lowest BCUT2D eigenvalue weighted by Crippen LogP contribution is -2.51. The summed E-state index contributed by atoms with van der Waals surface area (Å²) in [7, 11) is 1.34. The third-order valence-electron chi connectivity index (χ3n) is 9.25. The van der Waals surface area contributed by atoms with Gasteiger partial charge in [-0.3, -0.25) is 9.20 Å². The van der Waals surface area contributed by atoms with Crippen LogP contribution in [0.2, 0.25) is 0 Å². The van der Waals surface area contributed by atoms with Crippen molar-refractivity contribution in [2.75, 3.05) is 7.11 Å². The quantitative estimate of drug-likeness (QED) is 0.166. The first kappa shape index (κ1) is 28.7. The number of aryl methyl sites for hydroxylation is 3. The van der Waals surface area contributed by atoms with Crippen LogP contribution in [0.5, 0.6) is 0 Å². The summed E-state index contributed by atoms with van der Waals surface area (Å²) in [5.41, 5.74) is 7.85. The van der Waals surface area contributed by atoms with Crippen molar-refractivity contribution in [3.8, 4) is 0 Å². The van der Waals surface area contributed by atoms with E-state index in [4.69, 9.17) is 4.74 Å². The lowest BCUT2D eigenvalue weighted by atomic mass is 9.84. The molecule has 4 aromatic rings. The molecule has 3 aliphatic rings. The molecule has 0 saturated heterocycles. The minimum absolute atomic E-state index is 0.273. The monoisotopic (exact) mass is 613 g/mol. The van der Waals surface area contributed by atoms with E-state index in [0.717, 1.165) is 55.9 Å². The van der Waals surface area contributed by atoms with Gasteiger partial charge in [0.25, 0.3) is 5.56 Å². The van der Waals surface area contributed by atoms with Crippen LogP contribution in [0.15, 0.2) is 64.6 Å². The number of rotatable bonds is 7. The van der Waals surface area contributed by atoms with Gasteiger partial charge >= 0.3 is 12.9 Å². The maximum atomic E-state index is 16.1. The summed E-state index contributed by atoms with van der Waals surface area (Å²) in [4.78, 5) is 28.5. The number of carbonyl (C=O) groups excluding carboxylic acids is 1. The second kappa shape index (κ2) is 10.3. The number of benzene rings is 1. The fraction of sp³-hybridized carbons (Fsp3) is 0.324. The molecule has 0 N–H and O–H groups in total. The van der Waals surface area contributed by atoms with Crippen molar-refractivity contribution < 1.29 is 22.6 Å². The summed E-state index contributed by atoms with van der Waals surface area (Å²) < 4.78 is 41.3. The summed E-state index contributed by atoms with van der Waals surface area (Å²) in [6.45, 7) is 3.24. The topological polar surface area (TPSA) is 55.7 Å². The highest BCUT2D eigenvalue weighted by Crippen LogP contribution is 2.47. The minimum Gasteiger partial charge on any atom is -0.464 e. The van der Waals surface area contributed by atoms with Crippen LogP contribution in [0, 0.1) is 13.8 Å². The Morgan fingerprint density at radius 1 is 1.09 bits per heavy atom. The molecule has 44 heavy (non-hydrogen) atoms. The smallest absolute Gasteiger partial charge is 0.464 e. The highest BCUT2D eigenvalue weighted by atomic mass is 32.1. The number of pyridine rings is 1. The second-order valence-electron chi connectivity index (χ2n) is 12.3. The highest BCUT2D eigenvalue weighted by Gasteiger charge is 2.54. The van der Waals surface area contributed by atoms with Crippen LogP contribution in [-0.4, -0.2) is 39.1 Å². The van der Waals surface area contributed by atoms with Gasteiger partial charge in [-0.15, -0.1) is 11.3 Å². The molecule has 0 spiro atoms. The Hall–Kier alpha value is -4.05. The first-order valence-corrected chi connectivity index (χ1v) is 15.9. The van der Waals surface area contributed by atoms with Gasteiger partial charge in [-0.05, 0) is 86.4 Å². The van der Waals surface area contributed by atoms with Crippen LogP contribution < -0.4 is 5.56 Å². The predicted molar refractivity (Wildman–Crippen MR) is 171 cm³/mol. The molecule has 1 aromatic carbocycles. The predicted octanol–water partition coefficient (Wildman–Crippen LogP) is 7.05. The number of aromatic nitrogens is 2. The van der Waals surface area contributed by atoms with E-state index in [1.54, 1.807) is 24.3 Å². The SMILES string of the molecule is COC(=O)c1c(Cc2ccccc2)sc2c(C3CC3)c(CCC3=C4C(C)=CC(C)=[N+]4[B-](F)(F)n4c(C)cc(C)c43)cc(=O)n12. The first-order valence-electron chi connectivity index (χ1n) is 15.1. The van der Waals surface area contributed by atoms with Gasteiger partial charge in [0.15, 0.2) is 5.70 Å². The van der Waals surface area contributed by atoms with E-state index >= 15 is 8.63 Å². The number of ether oxygens (including phenoxy) is 1. The van der Waals surface area contributed by atoms with Crippen LogP contribution in [0.25, 0.3) is 10.4 Å². The fourth-order valence-corrected chi connectivity index (χ4v) is 8.82. The molecular weight excluding hydrogens is 579 g/mol. The Morgan fingerprint density at radius 2 is 1.82 bits per heavy atom. The van der Waals surface area contributed by atoms with E-state index in [-0.39, 0.29) is 11.3 Å². The van der Waals surface area contributed by atoms with Crippen molar-refractivity contribution in [1.82, 2.24) is 8.88 Å². The lowest BCUT2D eigenvalue weighted by molar-refractivity contribution is -0.363. The summed E-state index contributed by atoms with van der Waals surface area (Å²) in [6.07, 6.45) is 5.39. The zero-order chi connectivity index (χ0) is 31.1.